The smallest absolute Gasteiger partial charge is 0.220 e. The number of aryl methyl sites for hydroxylation is 2. The zero-order valence-electron chi connectivity index (χ0n) is 9.38. The molecule has 1 aliphatic rings. The summed E-state index contributed by atoms with van der Waals surface area (Å²) < 4.78 is 0. The predicted molar refractivity (Wildman–Crippen MR) is 60.6 cm³/mol. The molecule has 1 aromatic rings. The van der Waals surface area contributed by atoms with E-state index >= 15 is 0 Å². The van der Waals surface area contributed by atoms with Gasteiger partial charge in [-0.05, 0) is 45.2 Å². The zero-order valence-corrected chi connectivity index (χ0v) is 9.38. The topological polar surface area (TPSA) is 63.8 Å². The minimum absolute atomic E-state index is 0.383. The van der Waals surface area contributed by atoms with E-state index in [-0.39, 0.29) is 0 Å². The number of aromatic nitrogens is 2. The van der Waals surface area contributed by atoms with E-state index in [1.54, 1.807) is 0 Å². The summed E-state index contributed by atoms with van der Waals surface area (Å²) in [6.07, 6.45) is 3.56. The van der Waals surface area contributed by atoms with Crippen LogP contribution in [-0.4, -0.2) is 22.6 Å². The molecule has 0 amide bonds. The summed E-state index contributed by atoms with van der Waals surface area (Å²) >= 11 is 0. The summed E-state index contributed by atoms with van der Waals surface area (Å²) in [5.41, 5.74) is 8.90. The number of nitrogens with two attached hydrogens (primary N) is 1. The van der Waals surface area contributed by atoms with Crippen molar-refractivity contribution >= 4 is 5.95 Å². The van der Waals surface area contributed by atoms with Crippen molar-refractivity contribution in [2.45, 2.75) is 39.2 Å². The van der Waals surface area contributed by atoms with Crippen LogP contribution in [0.3, 0.4) is 0 Å². The molecule has 2 rings (SSSR count). The van der Waals surface area contributed by atoms with Crippen LogP contribution >= 0.6 is 0 Å². The minimum atomic E-state index is 0.383. The van der Waals surface area contributed by atoms with Gasteiger partial charge in [-0.15, -0.1) is 0 Å². The molecule has 0 bridgehead atoms. The van der Waals surface area contributed by atoms with E-state index in [9.17, 15) is 0 Å². The molecular formula is C11H18N4. The lowest BCUT2D eigenvalue weighted by atomic mass is 10.0. The van der Waals surface area contributed by atoms with Crippen molar-refractivity contribution in [3.63, 3.8) is 0 Å². The molecule has 1 aliphatic heterocycles. The highest BCUT2D eigenvalue weighted by atomic mass is 15.0. The van der Waals surface area contributed by atoms with Crippen molar-refractivity contribution in [3.05, 3.63) is 17.0 Å². The van der Waals surface area contributed by atoms with Crippen LogP contribution in [0.5, 0.6) is 0 Å². The molecule has 0 aliphatic carbocycles. The number of nitrogens with one attached hydrogen (secondary N) is 1. The van der Waals surface area contributed by atoms with Gasteiger partial charge in [0.1, 0.15) is 0 Å². The van der Waals surface area contributed by atoms with Crippen molar-refractivity contribution in [2.75, 3.05) is 12.3 Å². The van der Waals surface area contributed by atoms with Gasteiger partial charge in [0.2, 0.25) is 5.95 Å². The van der Waals surface area contributed by atoms with E-state index in [0.29, 0.717) is 12.0 Å². The maximum absolute atomic E-state index is 5.60. The molecule has 1 atom stereocenters. The van der Waals surface area contributed by atoms with Crippen LogP contribution in [0.2, 0.25) is 0 Å². The Morgan fingerprint density at radius 3 is 2.53 bits per heavy atom. The van der Waals surface area contributed by atoms with Gasteiger partial charge in [-0.1, -0.05) is 0 Å². The van der Waals surface area contributed by atoms with Crippen LogP contribution in [0.4, 0.5) is 5.95 Å². The van der Waals surface area contributed by atoms with Crippen molar-refractivity contribution in [2.24, 2.45) is 0 Å². The minimum Gasteiger partial charge on any atom is -0.368 e. The Kier molecular flexibility index (Phi) is 2.86. The molecule has 0 spiro atoms. The van der Waals surface area contributed by atoms with Gasteiger partial charge in [0.25, 0.3) is 0 Å². The molecular weight excluding hydrogens is 188 g/mol. The lowest BCUT2D eigenvalue weighted by molar-refractivity contribution is 0.596. The van der Waals surface area contributed by atoms with Crippen molar-refractivity contribution in [1.29, 1.82) is 0 Å². The Bertz CT molecular complexity index is 333. The van der Waals surface area contributed by atoms with Crippen LogP contribution in [0, 0.1) is 13.8 Å². The van der Waals surface area contributed by atoms with Crippen molar-refractivity contribution in [1.82, 2.24) is 15.3 Å². The van der Waals surface area contributed by atoms with Gasteiger partial charge in [-0.2, -0.15) is 0 Å². The van der Waals surface area contributed by atoms with Crippen LogP contribution in [0.15, 0.2) is 0 Å². The number of hydrogen-bond acceptors (Lipinski definition) is 4. The average Bonchev–Trinajstić information content (AvgIpc) is 2.63. The van der Waals surface area contributed by atoms with E-state index in [2.05, 4.69) is 15.3 Å². The van der Waals surface area contributed by atoms with Crippen LogP contribution in [0.25, 0.3) is 0 Å². The lowest BCUT2D eigenvalue weighted by Gasteiger charge is -2.14. The number of hydrogen-bond donors (Lipinski definition) is 2. The van der Waals surface area contributed by atoms with Gasteiger partial charge in [0, 0.05) is 17.4 Å². The second kappa shape index (κ2) is 4.14. The molecule has 0 radical (unpaired) electrons. The average molecular weight is 206 g/mol. The van der Waals surface area contributed by atoms with E-state index in [0.717, 1.165) is 24.4 Å². The van der Waals surface area contributed by atoms with Crippen LogP contribution < -0.4 is 11.1 Å². The fourth-order valence-electron chi connectivity index (χ4n) is 2.24. The second-order valence-corrected chi connectivity index (χ2v) is 4.23. The Morgan fingerprint density at radius 2 is 2.00 bits per heavy atom. The maximum atomic E-state index is 5.60. The largest absolute Gasteiger partial charge is 0.368 e. The fourth-order valence-corrected chi connectivity index (χ4v) is 2.24. The first-order valence-electron chi connectivity index (χ1n) is 5.50. The predicted octanol–water partition coefficient (Wildman–Crippen LogP) is 0.970. The highest BCUT2D eigenvalue weighted by molar-refractivity contribution is 5.31. The molecule has 1 aromatic heterocycles. The van der Waals surface area contributed by atoms with E-state index < -0.39 is 0 Å². The van der Waals surface area contributed by atoms with E-state index in [1.807, 2.05) is 13.8 Å². The normalized spacial score (nSPS) is 20.8. The number of nitrogen functional groups attached to an aromatic ring is 1. The summed E-state index contributed by atoms with van der Waals surface area (Å²) in [4.78, 5) is 8.43. The molecule has 4 nitrogen and oxygen atoms in total. The van der Waals surface area contributed by atoms with Gasteiger partial charge < -0.3 is 11.1 Å². The Morgan fingerprint density at radius 1 is 1.33 bits per heavy atom. The summed E-state index contributed by atoms with van der Waals surface area (Å²) in [7, 11) is 0. The van der Waals surface area contributed by atoms with Gasteiger partial charge >= 0.3 is 0 Å². The van der Waals surface area contributed by atoms with Gasteiger partial charge in [-0.25, -0.2) is 9.97 Å². The third-order valence-electron chi connectivity index (χ3n) is 3.05. The molecule has 4 heteroatoms. The van der Waals surface area contributed by atoms with Crippen LogP contribution in [0.1, 0.15) is 29.8 Å². The van der Waals surface area contributed by atoms with Crippen molar-refractivity contribution in [3.8, 4) is 0 Å². The summed E-state index contributed by atoms with van der Waals surface area (Å²) in [6, 6.07) is 0.592. The molecule has 82 valence electrons. The second-order valence-electron chi connectivity index (χ2n) is 4.23. The molecule has 3 N–H and O–H groups in total. The number of rotatable bonds is 2. The zero-order chi connectivity index (χ0) is 10.8. The third kappa shape index (κ3) is 2.26. The van der Waals surface area contributed by atoms with Gasteiger partial charge in [0.05, 0.1) is 0 Å². The quantitative estimate of drug-likeness (QED) is 0.757. The first-order valence-corrected chi connectivity index (χ1v) is 5.50. The Hall–Kier alpha value is -1.16. The molecule has 1 saturated heterocycles. The van der Waals surface area contributed by atoms with Gasteiger partial charge in [-0.3, -0.25) is 0 Å². The molecule has 0 aromatic carbocycles. The first kappa shape index (κ1) is 10.4. The summed E-state index contributed by atoms with van der Waals surface area (Å²) in [5, 5.41) is 3.49. The van der Waals surface area contributed by atoms with Crippen LogP contribution in [-0.2, 0) is 6.42 Å². The number of anilines is 1. The third-order valence-corrected chi connectivity index (χ3v) is 3.05. The van der Waals surface area contributed by atoms with E-state index in [4.69, 9.17) is 5.73 Å². The standard InChI is InChI=1S/C11H18N4/c1-7-10(6-9-4-3-5-13-9)8(2)15-11(12)14-7/h9,13H,3-6H2,1-2H3,(H2,12,14,15). The molecule has 15 heavy (non-hydrogen) atoms. The Labute approximate surface area is 90.3 Å². The lowest BCUT2D eigenvalue weighted by Crippen LogP contribution is -2.25. The molecule has 0 saturated carbocycles. The highest BCUT2D eigenvalue weighted by Crippen LogP contribution is 2.17. The molecule has 2 heterocycles. The first-order chi connectivity index (χ1) is 7.16. The molecule has 1 unspecified atom stereocenters. The monoisotopic (exact) mass is 206 g/mol. The summed E-state index contributed by atoms with van der Waals surface area (Å²) in [5.74, 6) is 0.383. The van der Waals surface area contributed by atoms with E-state index in [1.165, 1.54) is 18.4 Å². The summed E-state index contributed by atoms with van der Waals surface area (Å²) in [6.45, 7) is 5.16. The fraction of sp³-hybridized carbons (Fsp3) is 0.636. The number of nitrogens with zero attached hydrogens (tertiary/aromatic N) is 2. The van der Waals surface area contributed by atoms with Crippen molar-refractivity contribution < 1.29 is 0 Å². The SMILES string of the molecule is Cc1nc(N)nc(C)c1CC1CCCN1. The van der Waals surface area contributed by atoms with Gasteiger partial charge in [0.15, 0.2) is 0 Å². The Balaban J connectivity index is 2.19. The maximum Gasteiger partial charge on any atom is 0.220 e. The highest BCUT2D eigenvalue weighted by Gasteiger charge is 2.17. The molecule has 1 fully saturated rings.